The van der Waals surface area contributed by atoms with Gasteiger partial charge in [-0.3, -0.25) is 0 Å². The lowest BCUT2D eigenvalue weighted by atomic mass is 9.76. The van der Waals surface area contributed by atoms with Crippen molar-refractivity contribution in [1.82, 2.24) is 0 Å². The first kappa shape index (κ1) is 12.8. The Morgan fingerprint density at radius 2 is 1.88 bits per heavy atom. The summed E-state index contributed by atoms with van der Waals surface area (Å²) in [6.45, 7) is 7.35. The van der Waals surface area contributed by atoms with Crippen molar-refractivity contribution in [3.63, 3.8) is 0 Å². The van der Waals surface area contributed by atoms with Crippen LogP contribution in [0.1, 0.15) is 44.0 Å². The Morgan fingerprint density at radius 1 is 1.31 bits per heavy atom. The van der Waals surface area contributed by atoms with E-state index < -0.39 is 17.0 Å². The van der Waals surface area contributed by atoms with Gasteiger partial charge in [-0.1, -0.05) is 20.8 Å². The average molecular weight is 226 g/mol. The zero-order valence-corrected chi connectivity index (χ0v) is 10.3. The minimum atomic E-state index is -1.14. The standard InChI is InChI=1S/C12H18O4/c1-11(2,3)12(4,14)9-7-6-8(16-9)10(13)15-5/h6-7,14H,1-5H3. The van der Waals surface area contributed by atoms with E-state index in [0.29, 0.717) is 5.76 Å². The second kappa shape index (κ2) is 3.94. The van der Waals surface area contributed by atoms with Crippen molar-refractivity contribution >= 4 is 5.97 Å². The first-order valence-electron chi connectivity index (χ1n) is 5.11. The van der Waals surface area contributed by atoms with Crippen LogP contribution in [-0.2, 0) is 10.3 Å². The molecule has 0 radical (unpaired) electrons. The third kappa shape index (κ3) is 2.11. The maximum Gasteiger partial charge on any atom is 0.373 e. The molecule has 0 aliphatic heterocycles. The quantitative estimate of drug-likeness (QED) is 0.786. The highest BCUT2D eigenvalue weighted by atomic mass is 16.5. The van der Waals surface area contributed by atoms with Gasteiger partial charge < -0.3 is 14.3 Å². The fourth-order valence-corrected chi connectivity index (χ4v) is 1.18. The number of rotatable bonds is 2. The van der Waals surface area contributed by atoms with E-state index in [-0.39, 0.29) is 5.76 Å². The number of carbonyl (C=O) groups is 1. The lowest BCUT2D eigenvalue weighted by Gasteiger charge is -2.35. The molecule has 0 bridgehead atoms. The molecule has 0 aromatic carbocycles. The Balaban J connectivity index is 3.07. The number of esters is 1. The average Bonchev–Trinajstić information content (AvgIpc) is 2.64. The van der Waals surface area contributed by atoms with Crippen LogP contribution in [0.15, 0.2) is 16.5 Å². The van der Waals surface area contributed by atoms with Gasteiger partial charge in [0, 0.05) is 0 Å². The molecule has 1 heterocycles. The molecule has 1 N–H and O–H groups in total. The summed E-state index contributed by atoms with van der Waals surface area (Å²) in [6, 6.07) is 3.10. The van der Waals surface area contributed by atoms with Crippen LogP contribution in [0.5, 0.6) is 0 Å². The van der Waals surface area contributed by atoms with Crippen LogP contribution in [0.25, 0.3) is 0 Å². The lowest BCUT2D eigenvalue weighted by molar-refractivity contribution is -0.0643. The van der Waals surface area contributed by atoms with Gasteiger partial charge in [0.15, 0.2) is 0 Å². The molecule has 90 valence electrons. The van der Waals surface area contributed by atoms with Crippen molar-refractivity contribution in [3.05, 3.63) is 23.7 Å². The Kier molecular flexibility index (Phi) is 3.15. The number of methoxy groups -OCH3 is 1. The van der Waals surface area contributed by atoms with Gasteiger partial charge in [-0.25, -0.2) is 4.79 Å². The second-order valence-electron chi connectivity index (χ2n) is 4.98. The van der Waals surface area contributed by atoms with Gasteiger partial charge in [-0.2, -0.15) is 0 Å². The third-order valence-corrected chi connectivity index (χ3v) is 2.93. The molecule has 1 aromatic rings. The number of carbonyl (C=O) groups excluding carboxylic acids is 1. The van der Waals surface area contributed by atoms with E-state index in [0.717, 1.165) is 0 Å². The molecule has 0 amide bonds. The predicted molar refractivity (Wildman–Crippen MR) is 59.1 cm³/mol. The van der Waals surface area contributed by atoms with E-state index in [1.807, 2.05) is 20.8 Å². The highest BCUT2D eigenvalue weighted by Gasteiger charge is 2.40. The van der Waals surface area contributed by atoms with Crippen LogP contribution >= 0.6 is 0 Å². The Morgan fingerprint density at radius 3 is 2.31 bits per heavy atom. The predicted octanol–water partition coefficient (Wildman–Crippen LogP) is 2.32. The van der Waals surface area contributed by atoms with E-state index in [1.54, 1.807) is 13.0 Å². The molecular weight excluding hydrogens is 208 g/mol. The summed E-state index contributed by atoms with van der Waals surface area (Å²) in [5, 5.41) is 10.3. The molecule has 4 heteroatoms. The van der Waals surface area contributed by atoms with E-state index in [4.69, 9.17) is 4.42 Å². The van der Waals surface area contributed by atoms with Crippen LogP contribution < -0.4 is 0 Å². The number of ether oxygens (including phenoxy) is 1. The van der Waals surface area contributed by atoms with E-state index in [9.17, 15) is 9.90 Å². The normalized spacial score (nSPS) is 15.6. The second-order valence-corrected chi connectivity index (χ2v) is 4.98. The lowest BCUT2D eigenvalue weighted by Crippen LogP contribution is -2.36. The third-order valence-electron chi connectivity index (χ3n) is 2.93. The SMILES string of the molecule is COC(=O)c1ccc(C(C)(O)C(C)(C)C)o1. The van der Waals surface area contributed by atoms with E-state index >= 15 is 0 Å². The van der Waals surface area contributed by atoms with Crippen molar-refractivity contribution in [3.8, 4) is 0 Å². The molecule has 1 unspecified atom stereocenters. The van der Waals surface area contributed by atoms with Gasteiger partial charge >= 0.3 is 5.97 Å². The molecule has 1 atom stereocenters. The minimum absolute atomic E-state index is 0.0991. The summed E-state index contributed by atoms with van der Waals surface area (Å²) in [6.07, 6.45) is 0. The molecule has 0 aliphatic carbocycles. The molecule has 1 aromatic heterocycles. The smallest absolute Gasteiger partial charge is 0.373 e. The van der Waals surface area contributed by atoms with Gasteiger partial charge in [-0.15, -0.1) is 0 Å². The Labute approximate surface area is 95.2 Å². The molecule has 1 rings (SSSR count). The summed E-state index contributed by atoms with van der Waals surface area (Å²) in [4.78, 5) is 11.2. The molecule has 4 nitrogen and oxygen atoms in total. The van der Waals surface area contributed by atoms with Crippen LogP contribution in [0.4, 0.5) is 0 Å². The fourth-order valence-electron chi connectivity index (χ4n) is 1.18. The first-order valence-corrected chi connectivity index (χ1v) is 5.11. The minimum Gasteiger partial charge on any atom is -0.463 e. The molecule has 0 spiro atoms. The maximum atomic E-state index is 11.2. The fraction of sp³-hybridized carbons (Fsp3) is 0.583. The highest BCUT2D eigenvalue weighted by Crippen LogP contribution is 2.39. The van der Waals surface area contributed by atoms with E-state index in [1.165, 1.54) is 13.2 Å². The van der Waals surface area contributed by atoms with Crippen LogP contribution in [0.3, 0.4) is 0 Å². The van der Waals surface area contributed by atoms with Crippen molar-refractivity contribution in [2.45, 2.75) is 33.3 Å². The number of hydrogen-bond donors (Lipinski definition) is 1. The van der Waals surface area contributed by atoms with Gasteiger partial charge in [0.2, 0.25) is 5.76 Å². The molecule has 0 saturated carbocycles. The molecule has 16 heavy (non-hydrogen) atoms. The molecular formula is C12H18O4. The van der Waals surface area contributed by atoms with Gasteiger partial charge in [0.25, 0.3) is 0 Å². The zero-order chi connectivity index (χ0) is 12.6. The van der Waals surface area contributed by atoms with Crippen LogP contribution in [0, 0.1) is 5.41 Å². The Hall–Kier alpha value is -1.29. The van der Waals surface area contributed by atoms with E-state index in [2.05, 4.69) is 4.74 Å². The highest BCUT2D eigenvalue weighted by molar-refractivity contribution is 5.86. The molecule has 0 fully saturated rings. The Bertz CT molecular complexity index is 382. The molecule has 0 saturated heterocycles. The summed E-state index contributed by atoms with van der Waals surface area (Å²) < 4.78 is 9.84. The van der Waals surface area contributed by atoms with Crippen molar-refractivity contribution in [1.29, 1.82) is 0 Å². The number of aliphatic hydroxyl groups is 1. The summed E-state index contributed by atoms with van der Waals surface area (Å²) in [7, 11) is 1.28. The van der Waals surface area contributed by atoms with Gasteiger partial charge in [0.05, 0.1) is 7.11 Å². The first-order chi connectivity index (χ1) is 7.20. The molecule has 0 aliphatic rings. The summed E-state index contributed by atoms with van der Waals surface area (Å²) in [5.41, 5.74) is -1.53. The largest absolute Gasteiger partial charge is 0.463 e. The van der Waals surface area contributed by atoms with Crippen molar-refractivity contribution < 1.29 is 19.1 Å². The summed E-state index contributed by atoms with van der Waals surface area (Å²) in [5.74, 6) is -0.0848. The van der Waals surface area contributed by atoms with Gasteiger partial charge in [0.1, 0.15) is 11.4 Å². The van der Waals surface area contributed by atoms with Crippen molar-refractivity contribution in [2.75, 3.05) is 7.11 Å². The van der Waals surface area contributed by atoms with Crippen LogP contribution in [-0.4, -0.2) is 18.2 Å². The van der Waals surface area contributed by atoms with Gasteiger partial charge in [-0.05, 0) is 24.5 Å². The van der Waals surface area contributed by atoms with Crippen LogP contribution in [0.2, 0.25) is 0 Å². The monoisotopic (exact) mass is 226 g/mol. The zero-order valence-electron chi connectivity index (χ0n) is 10.3. The number of hydrogen-bond acceptors (Lipinski definition) is 4. The summed E-state index contributed by atoms with van der Waals surface area (Å²) >= 11 is 0. The maximum absolute atomic E-state index is 11.2. The van der Waals surface area contributed by atoms with Crippen molar-refractivity contribution in [2.24, 2.45) is 5.41 Å². The topological polar surface area (TPSA) is 59.7 Å². The number of furan rings is 1.